The van der Waals surface area contributed by atoms with Crippen molar-refractivity contribution < 1.29 is 26.7 Å². The number of hydrogen-bond donors (Lipinski definition) is 2. The van der Waals surface area contributed by atoms with Gasteiger partial charge in [0.2, 0.25) is 10.0 Å². The lowest BCUT2D eigenvalue weighted by molar-refractivity contribution is -0.134. The topological polar surface area (TPSA) is 66.4 Å². The molecule has 0 radical (unpaired) electrons. The van der Waals surface area contributed by atoms with Gasteiger partial charge in [-0.3, -0.25) is 0 Å². The van der Waals surface area contributed by atoms with Gasteiger partial charge in [0.1, 0.15) is 0 Å². The molecule has 0 bridgehead atoms. The van der Waals surface area contributed by atoms with Crippen LogP contribution in [0.25, 0.3) is 0 Å². The van der Waals surface area contributed by atoms with E-state index >= 15 is 0 Å². The summed E-state index contributed by atoms with van der Waals surface area (Å²) in [5.41, 5.74) is -1.17. The van der Waals surface area contributed by atoms with Crippen LogP contribution in [0.4, 0.5) is 13.2 Å². The van der Waals surface area contributed by atoms with Gasteiger partial charge in [-0.15, -0.1) is 0 Å². The number of nitrogens with one attached hydrogen (secondary N) is 1. The number of rotatable bonds is 8. The quantitative estimate of drug-likeness (QED) is 0.716. The summed E-state index contributed by atoms with van der Waals surface area (Å²) < 4.78 is 60.4. The molecule has 2 N–H and O–H groups in total. The minimum atomic E-state index is -4.34. The molecule has 1 unspecified atom stereocenters. The lowest BCUT2D eigenvalue weighted by Gasteiger charge is -2.22. The average molecular weight is 291 g/mol. The predicted molar refractivity (Wildman–Crippen MR) is 62.6 cm³/mol. The molecule has 0 aliphatic heterocycles. The molecule has 0 fully saturated rings. The van der Waals surface area contributed by atoms with Crippen molar-refractivity contribution in [3.8, 4) is 0 Å². The second-order valence-electron chi connectivity index (χ2n) is 4.61. The average Bonchev–Trinajstić information content (AvgIpc) is 2.13. The van der Waals surface area contributed by atoms with E-state index in [1.165, 1.54) is 6.92 Å². The van der Waals surface area contributed by atoms with Gasteiger partial charge in [-0.05, 0) is 19.8 Å². The number of sulfonamides is 1. The third-order valence-electron chi connectivity index (χ3n) is 2.33. The van der Waals surface area contributed by atoms with Crippen LogP contribution in [0, 0.1) is 0 Å². The molecule has 0 aromatic heterocycles. The maximum absolute atomic E-state index is 11.9. The number of halogens is 3. The molecule has 0 spiro atoms. The number of hydrogen-bond acceptors (Lipinski definition) is 3. The molecule has 110 valence electrons. The van der Waals surface area contributed by atoms with Crippen molar-refractivity contribution in [2.75, 3.05) is 12.3 Å². The fraction of sp³-hybridized carbons (Fsp3) is 1.00. The van der Waals surface area contributed by atoms with Crippen LogP contribution in [-0.4, -0.2) is 37.6 Å². The highest BCUT2D eigenvalue weighted by atomic mass is 32.2. The molecule has 1 atom stereocenters. The fourth-order valence-electron chi connectivity index (χ4n) is 1.43. The molecule has 0 saturated carbocycles. The molecule has 0 aliphatic rings. The van der Waals surface area contributed by atoms with Crippen LogP contribution >= 0.6 is 0 Å². The van der Waals surface area contributed by atoms with Crippen LogP contribution < -0.4 is 4.72 Å². The van der Waals surface area contributed by atoms with E-state index in [1.807, 2.05) is 6.92 Å². The van der Waals surface area contributed by atoms with Crippen molar-refractivity contribution in [1.82, 2.24) is 4.72 Å². The first kappa shape index (κ1) is 17.7. The molecule has 0 rings (SSSR count). The standard InChI is InChI=1S/C10H20F3NO3S/c1-3-5-9(2,15)8-14-18(16,17)7-4-6-10(11,12)13/h14-15H,3-8H2,1-2H3. The molecule has 4 nitrogen and oxygen atoms in total. The first-order chi connectivity index (χ1) is 7.97. The van der Waals surface area contributed by atoms with Gasteiger partial charge in [-0.2, -0.15) is 13.2 Å². The van der Waals surface area contributed by atoms with Gasteiger partial charge in [-0.25, -0.2) is 13.1 Å². The van der Waals surface area contributed by atoms with Gasteiger partial charge in [0, 0.05) is 13.0 Å². The SMILES string of the molecule is CCCC(C)(O)CNS(=O)(=O)CCCC(F)(F)F. The van der Waals surface area contributed by atoms with Crippen LogP contribution in [-0.2, 0) is 10.0 Å². The van der Waals surface area contributed by atoms with Gasteiger partial charge in [0.25, 0.3) is 0 Å². The molecule has 8 heteroatoms. The van der Waals surface area contributed by atoms with Crippen LogP contribution in [0.1, 0.15) is 39.5 Å². The Balaban J connectivity index is 4.09. The molecule has 0 aliphatic carbocycles. The van der Waals surface area contributed by atoms with Gasteiger partial charge < -0.3 is 5.11 Å². The molecule has 0 amide bonds. The van der Waals surface area contributed by atoms with Crippen molar-refractivity contribution in [2.45, 2.75) is 51.3 Å². The highest BCUT2D eigenvalue weighted by Gasteiger charge is 2.28. The molecule has 0 saturated heterocycles. The zero-order valence-electron chi connectivity index (χ0n) is 10.5. The highest BCUT2D eigenvalue weighted by molar-refractivity contribution is 7.89. The van der Waals surface area contributed by atoms with Crippen molar-refractivity contribution >= 4 is 10.0 Å². The zero-order valence-corrected chi connectivity index (χ0v) is 11.4. The fourth-order valence-corrected chi connectivity index (χ4v) is 2.63. The maximum atomic E-state index is 11.9. The Bertz CT molecular complexity index is 339. The summed E-state index contributed by atoms with van der Waals surface area (Å²) >= 11 is 0. The van der Waals surface area contributed by atoms with Gasteiger partial charge in [-0.1, -0.05) is 13.3 Å². The smallest absolute Gasteiger partial charge is 0.389 e. The number of alkyl halides is 3. The monoisotopic (exact) mass is 291 g/mol. The Morgan fingerprint density at radius 2 is 1.78 bits per heavy atom. The van der Waals surface area contributed by atoms with E-state index in [1.54, 1.807) is 0 Å². The van der Waals surface area contributed by atoms with E-state index in [0.29, 0.717) is 12.8 Å². The van der Waals surface area contributed by atoms with E-state index < -0.39 is 40.4 Å². The van der Waals surface area contributed by atoms with E-state index in [0.717, 1.165) is 0 Å². The van der Waals surface area contributed by atoms with Gasteiger partial charge in [0.15, 0.2) is 0 Å². The van der Waals surface area contributed by atoms with Crippen LogP contribution in [0.2, 0.25) is 0 Å². The molecule has 0 aromatic rings. The Morgan fingerprint density at radius 1 is 1.22 bits per heavy atom. The first-order valence-electron chi connectivity index (χ1n) is 5.74. The maximum Gasteiger partial charge on any atom is 0.389 e. The molecular formula is C10H20F3NO3S. The van der Waals surface area contributed by atoms with E-state index in [-0.39, 0.29) is 6.54 Å². The van der Waals surface area contributed by atoms with Crippen molar-refractivity contribution in [3.05, 3.63) is 0 Å². The van der Waals surface area contributed by atoms with E-state index in [4.69, 9.17) is 0 Å². The van der Waals surface area contributed by atoms with Crippen molar-refractivity contribution in [3.63, 3.8) is 0 Å². The van der Waals surface area contributed by atoms with Crippen molar-refractivity contribution in [2.24, 2.45) is 0 Å². The minimum Gasteiger partial charge on any atom is -0.389 e. The van der Waals surface area contributed by atoms with Crippen LogP contribution in [0.5, 0.6) is 0 Å². The van der Waals surface area contributed by atoms with E-state index in [2.05, 4.69) is 4.72 Å². The summed E-state index contributed by atoms with van der Waals surface area (Å²) in [4.78, 5) is 0. The third kappa shape index (κ3) is 9.67. The molecule has 18 heavy (non-hydrogen) atoms. The van der Waals surface area contributed by atoms with E-state index in [9.17, 15) is 26.7 Å². The molecular weight excluding hydrogens is 271 g/mol. The highest BCUT2D eigenvalue weighted by Crippen LogP contribution is 2.21. The lowest BCUT2D eigenvalue weighted by atomic mass is 10.0. The minimum absolute atomic E-state index is 0.185. The Hall–Kier alpha value is -0.340. The van der Waals surface area contributed by atoms with Gasteiger partial charge >= 0.3 is 6.18 Å². The zero-order chi connectivity index (χ0) is 14.4. The van der Waals surface area contributed by atoms with Crippen LogP contribution in [0.15, 0.2) is 0 Å². The van der Waals surface area contributed by atoms with Crippen molar-refractivity contribution in [1.29, 1.82) is 0 Å². The molecule has 0 heterocycles. The summed E-state index contributed by atoms with van der Waals surface area (Å²) in [5.74, 6) is -0.589. The summed E-state index contributed by atoms with van der Waals surface area (Å²) in [6, 6.07) is 0. The predicted octanol–water partition coefficient (Wildman–Crippen LogP) is 1.80. The Morgan fingerprint density at radius 3 is 2.22 bits per heavy atom. The third-order valence-corrected chi connectivity index (χ3v) is 3.75. The Kier molecular flexibility index (Phi) is 6.59. The Labute approximate surface area is 106 Å². The van der Waals surface area contributed by atoms with Gasteiger partial charge in [0.05, 0.1) is 11.4 Å². The van der Waals surface area contributed by atoms with Crippen LogP contribution in [0.3, 0.4) is 0 Å². The summed E-state index contributed by atoms with van der Waals surface area (Å²) in [6.07, 6.45) is -4.85. The second-order valence-corrected chi connectivity index (χ2v) is 6.53. The summed E-state index contributed by atoms with van der Waals surface area (Å²) in [7, 11) is -3.77. The first-order valence-corrected chi connectivity index (χ1v) is 7.39. The second kappa shape index (κ2) is 6.72. The normalized spacial score (nSPS) is 16.6. The summed E-state index contributed by atoms with van der Waals surface area (Å²) in [5, 5.41) is 9.73. The summed E-state index contributed by atoms with van der Waals surface area (Å²) in [6.45, 7) is 3.14. The molecule has 0 aromatic carbocycles. The number of aliphatic hydroxyl groups is 1. The lowest BCUT2D eigenvalue weighted by Crippen LogP contribution is -2.41. The largest absolute Gasteiger partial charge is 0.389 e.